The molecule has 0 N–H and O–H groups in total. The molecule has 0 spiro atoms. The van der Waals surface area contributed by atoms with Crippen LogP contribution in [0.4, 0.5) is 5.82 Å². The number of piperidine rings is 1. The predicted octanol–water partition coefficient (Wildman–Crippen LogP) is 2.39. The van der Waals surface area contributed by atoms with E-state index in [1.54, 1.807) is 18.6 Å². The Bertz CT molecular complexity index is 853. The molecule has 164 valence electrons. The molecule has 0 saturated carbocycles. The van der Waals surface area contributed by atoms with E-state index in [2.05, 4.69) is 27.0 Å². The molecule has 1 atom stereocenters. The smallest absolute Gasteiger partial charge is 0.227 e. The van der Waals surface area contributed by atoms with Gasteiger partial charge in [0, 0.05) is 58.1 Å². The molecule has 7 heteroatoms. The number of rotatable bonds is 6. The van der Waals surface area contributed by atoms with Crippen LogP contribution >= 0.6 is 0 Å². The SMILES string of the molecule is O=C(CCCc1ccccc1)N1CCN(C(=O)C2CCCN(c3cnccn3)C2)CC1. The number of benzene rings is 1. The molecule has 7 nitrogen and oxygen atoms in total. The minimum absolute atomic E-state index is 0.0103. The highest BCUT2D eigenvalue weighted by Gasteiger charge is 2.32. The average Bonchev–Trinajstić information content (AvgIpc) is 2.85. The van der Waals surface area contributed by atoms with Gasteiger partial charge in [0.25, 0.3) is 0 Å². The Kier molecular flexibility index (Phi) is 7.12. The summed E-state index contributed by atoms with van der Waals surface area (Å²) in [6, 6.07) is 10.3. The highest BCUT2D eigenvalue weighted by atomic mass is 16.2. The highest BCUT2D eigenvalue weighted by molar-refractivity contribution is 5.81. The van der Waals surface area contributed by atoms with Gasteiger partial charge < -0.3 is 14.7 Å². The summed E-state index contributed by atoms with van der Waals surface area (Å²) in [5.41, 5.74) is 1.27. The summed E-state index contributed by atoms with van der Waals surface area (Å²) in [5, 5.41) is 0. The first-order valence-corrected chi connectivity index (χ1v) is 11.3. The van der Waals surface area contributed by atoms with Gasteiger partial charge in [0.15, 0.2) is 0 Å². The zero-order valence-electron chi connectivity index (χ0n) is 18.0. The Morgan fingerprint density at radius 1 is 0.968 bits per heavy atom. The van der Waals surface area contributed by atoms with Crippen molar-refractivity contribution >= 4 is 17.6 Å². The Hall–Kier alpha value is -2.96. The van der Waals surface area contributed by atoms with E-state index in [4.69, 9.17) is 0 Å². The van der Waals surface area contributed by atoms with Crippen molar-refractivity contribution in [3.8, 4) is 0 Å². The van der Waals surface area contributed by atoms with E-state index in [0.29, 0.717) is 39.1 Å². The topological polar surface area (TPSA) is 69.6 Å². The number of piperazine rings is 1. The quantitative estimate of drug-likeness (QED) is 0.716. The molecule has 2 fully saturated rings. The Morgan fingerprint density at radius 2 is 1.74 bits per heavy atom. The number of nitrogens with zero attached hydrogens (tertiary/aromatic N) is 5. The van der Waals surface area contributed by atoms with E-state index in [1.807, 2.05) is 28.0 Å². The maximum Gasteiger partial charge on any atom is 0.227 e. The molecule has 0 bridgehead atoms. The summed E-state index contributed by atoms with van der Waals surface area (Å²) in [6.07, 6.45) is 9.36. The van der Waals surface area contributed by atoms with Crippen LogP contribution in [0.15, 0.2) is 48.9 Å². The van der Waals surface area contributed by atoms with Crippen molar-refractivity contribution in [1.82, 2.24) is 19.8 Å². The normalized spacial score (nSPS) is 19.4. The Morgan fingerprint density at radius 3 is 2.48 bits per heavy atom. The first-order chi connectivity index (χ1) is 15.2. The van der Waals surface area contributed by atoms with Gasteiger partial charge in [0.05, 0.1) is 12.1 Å². The molecule has 31 heavy (non-hydrogen) atoms. The molecule has 4 rings (SSSR count). The van der Waals surface area contributed by atoms with Crippen LogP contribution in [-0.4, -0.2) is 70.9 Å². The molecular formula is C24H31N5O2. The van der Waals surface area contributed by atoms with Crippen molar-refractivity contribution in [3.05, 3.63) is 54.5 Å². The van der Waals surface area contributed by atoms with Crippen LogP contribution in [0.1, 0.15) is 31.2 Å². The maximum absolute atomic E-state index is 13.1. The third-order valence-electron chi connectivity index (χ3n) is 6.29. The second-order valence-electron chi connectivity index (χ2n) is 8.39. The summed E-state index contributed by atoms with van der Waals surface area (Å²) in [6.45, 7) is 4.13. The molecule has 2 saturated heterocycles. The number of anilines is 1. The van der Waals surface area contributed by atoms with Crippen LogP contribution in [-0.2, 0) is 16.0 Å². The number of amides is 2. The van der Waals surface area contributed by atoms with Gasteiger partial charge in [-0.25, -0.2) is 4.98 Å². The molecule has 3 heterocycles. The van der Waals surface area contributed by atoms with E-state index >= 15 is 0 Å². The van der Waals surface area contributed by atoms with E-state index in [-0.39, 0.29) is 17.7 Å². The lowest BCUT2D eigenvalue weighted by atomic mass is 9.96. The van der Waals surface area contributed by atoms with Crippen molar-refractivity contribution in [3.63, 3.8) is 0 Å². The van der Waals surface area contributed by atoms with Gasteiger partial charge in [0.2, 0.25) is 11.8 Å². The van der Waals surface area contributed by atoms with Gasteiger partial charge in [-0.2, -0.15) is 0 Å². The van der Waals surface area contributed by atoms with E-state index in [9.17, 15) is 9.59 Å². The van der Waals surface area contributed by atoms with E-state index < -0.39 is 0 Å². The second kappa shape index (κ2) is 10.4. The molecule has 1 aromatic carbocycles. The number of aryl methyl sites for hydroxylation is 1. The fourth-order valence-electron chi connectivity index (χ4n) is 4.52. The predicted molar refractivity (Wildman–Crippen MR) is 120 cm³/mol. The van der Waals surface area contributed by atoms with Gasteiger partial charge >= 0.3 is 0 Å². The summed E-state index contributed by atoms with van der Waals surface area (Å²) >= 11 is 0. The first-order valence-electron chi connectivity index (χ1n) is 11.3. The molecule has 2 aliphatic rings. The van der Waals surface area contributed by atoms with Gasteiger partial charge in [-0.1, -0.05) is 30.3 Å². The zero-order valence-corrected chi connectivity index (χ0v) is 18.0. The number of aromatic nitrogens is 2. The number of hydrogen-bond acceptors (Lipinski definition) is 5. The van der Waals surface area contributed by atoms with Crippen LogP contribution in [0, 0.1) is 5.92 Å². The van der Waals surface area contributed by atoms with Crippen LogP contribution in [0.25, 0.3) is 0 Å². The molecule has 0 radical (unpaired) electrons. The average molecular weight is 422 g/mol. The minimum atomic E-state index is -0.0103. The molecule has 0 aliphatic carbocycles. The fourth-order valence-corrected chi connectivity index (χ4v) is 4.52. The molecule has 1 aromatic heterocycles. The molecule has 2 aliphatic heterocycles. The van der Waals surface area contributed by atoms with Gasteiger partial charge in [-0.05, 0) is 31.2 Å². The van der Waals surface area contributed by atoms with Gasteiger partial charge in [-0.3, -0.25) is 14.6 Å². The summed E-state index contributed by atoms with van der Waals surface area (Å²) < 4.78 is 0. The molecular weight excluding hydrogens is 390 g/mol. The van der Waals surface area contributed by atoms with Crippen LogP contribution in [0.3, 0.4) is 0 Å². The highest BCUT2D eigenvalue weighted by Crippen LogP contribution is 2.23. The Labute approximate surface area is 184 Å². The van der Waals surface area contributed by atoms with Crippen LogP contribution in [0.5, 0.6) is 0 Å². The first kappa shape index (κ1) is 21.3. The van der Waals surface area contributed by atoms with Crippen molar-refractivity contribution in [2.24, 2.45) is 5.92 Å². The fraction of sp³-hybridized carbons (Fsp3) is 0.500. The third kappa shape index (κ3) is 5.60. The Balaban J connectivity index is 1.21. The minimum Gasteiger partial charge on any atom is -0.355 e. The summed E-state index contributed by atoms with van der Waals surface area (Å²) in [7, 11) is 0. The zero-order chi connectivity index (χ0) is 21.5. The number of hydrogen-bond donors (Lipinski definition) is 0. The van der Waals surface area contributed by atoms with Crippen LogP contribution < -0.4 is 4.90 Å². The van der Waals surface area contributed by atoms with Crippen molar-refractivity contribution in [2.45, 2.75) is 32.1 Å². The van der Waals surface area contributed by atoms with Crippen LogP contribution in [0.2, 0.25) is 0 Å². The van der Waals surface area contributed by atoms with Crippen molar-refractivity contribution in [2.75, 3.05) is 44.2 Å². The number of carbonyl (C=O) groups excluding carboxylic acids is 2. The standard InChI is InChI=1S/C24H31N5O2/c30-23(10-4-8-20-6-2-1-3-7-20)27-14-16-28(17-15-27)24(31)21-9-5-13-29(19-21)22-18-25-11-12-26-22/h1-3,6-7,11-12,18,21H,4-5,8-10,13-17,19H2. The van der Waals surface area contributed by atoms with Crippen molar-refractivity contribution in [1.29, 1.82) is 0 Å². The van der Waals surface area contributed by atoms with Crippen molar-refractivity contribution < 1.29 is 9.59 Å². The monoisotopic (exact) mass is 421 g/mol. The summed E-state index contributed by atoms with van der Waals surface area (Å²) in [4.78, 5) is 40.2. The third-order valence-corrected chi connectivity index (χ3v) is 6.29. The largest absolute Gasteiger partial charge is 0.355 e. The van der Waals surface area contributed by atoms with Gasteiger partial charge in [0.1, 0.15) is 5.82 Å². The van der Waals surface area contributed by atoms with Gasteiger partial charge in [-0.15, -0.1) is 0 Å². The molecule has 2 aromatic rings. The summed E-state index contributed by atoms with van der Waals surface area (Å²) in [5.74, 6) is 1.24. The molecule has 1 unspecified atom stereocenters. The lowest BCUT2D eigenvalue weighted by Crippen LogP contribution is -2.53. The lowest BCUT2D eigenvalue weighted by molar-refractivity contribution is -0.142. The lowest BCUT2D eigenvalue weighted by Gasteiger charge is -2.39. The molecule has 2 amide bonds. The van der Waals surface area contributed by atoms with E-state index in [1.165, 1.54) is 5.56 Å². The number of carbonyl (C=O) groups is 2. The second-order valence-corrected chi connectivity index (χ2v) is 8.39. The maximum atomic E-state index is 13.1. The van der Waals surface area contributed by atoms with E-state index in [0.717, 1.165) is 38.0 Å².